The van der Waals surface area contributed by atoms with Crippen LogP contribution >= 0.6 is 11.3 Å². The second-order valence-corrected chi connectivity index (χ2v) is 6.19. The minimum atomic E-state index is -0.335. The lowest BCUT2D eigenvalue weighted by molar-refractivity contribution is 0.155. The number of nitrogens with zero attached hydrogens (tertiary/aromatic N) is 1. The molecule has 1 unspecified atom stereocenters. The van der Waals surface area contributed by atoms with Crippen LogP contribution < -0.4 is 4.74 Å². The molecule has 3 rings (SSSR count). The molecule has 1 N–H and O–H groups in total. The summed E-state index contributed by atoms with van der Waals surface area (Å²) in [6.07, 6.45) is 4.39. The summed E-state index contributed by atoms with van der Waals surface area (Å²) in [4.78, 5) is 5.36. The molecule has 0 radical (unpaired) electrons. The van der Waals surface area contributed by atoms with Gasteiger partial charge < -0.3 is 9.84 Å². The fourth-order valence-electron chi connectivity index (χ4n) is 2.55. The van der Waals surface area contributed by atoms with Crippen LogP contribution in [0.2, 0.25) is 0 Å². The molecule has 0 saturated heterocycles. The van der Waals surface area contributed by atoms with Crippen LogP contribution in [0.5, 0.6) is 5.75 Å². The van der Waals surface area contributed by atoms with Crippen molar-refractivity contribution in [1.82, 2.24) is 4.98 Å². The van der Waals surface area contributed by atoms with Crippen LogP contribution in [0.1, 0.15) is 40.0 Å². The minimum absolute atomic E-state index is 0.335. The molecule has 1 aromatic heterocycles. The number of aromatic nitrogens is 1. The first-order valence-corrected chi connectivity index (χ1v) is 7.39. The van der Waals surface area contributed by atoms with Crippen LogP contribution in [-0.2, 0) is 13.0 Å². The predicted molar refractivity (Wildman–Crippen MR) is 75.5 cm³/mol. The number of ether oxygens (including phenoxy) is 1. The molecule has 0 aliphatic heterocycles. The lowest BCUT2D eigenvalue weighted by atomic mass is 9.89. The van der Waals surface area contributed by atoms with Crippen molar-refractivity contribution in [3.05, 3.63) is 45.4 Å². The Bertz CT molecular complexity index is 579. The Morgan fingerprint density at radius 1 is 1.47 bits per heavy atom. The van der Waals surface area contributed by atoms with E-state index in [4.69, 9.17) is 4.74 Å². The van der Waals surface area contributed by atoms with E-state index in [9.17, 15) is 5.11 Å². The highest BCUT2D eigenvalue weighted by Crippen LogP contribution is 2.35. The first kappa shape index (κ1) is 12.6. The molecular formula is C15H17NO2S. The van der Waals surface area contributed by atoms with E-state index in [1.165, 1.54) is 5.56 Å². The maximum Gasteiger partial charge on any atom is 0.124 e. The molecule has 1 aromatic carbocycles. The van der Waals surface area contributed by atoms with Crippen molar-refractivity contribution in [2.24, 2.45) is 0 Å². The molecule has 1 aliphatic carbocycles. The normalized spacial score (nSPS) is 18.1. The number of aliphatic hydroxyl groups is 1. The molecule has 0 spiro atoms. The van der Waals surface area contributed by atoms with Crippen LogP contribution in [-0.4, -0.2) is 10.1 Å². The molecule has 4 heteroatoms. The molecule has 2 aromatic rings. The van der Waals surface area contributed by atoms with Crippen molar-refractivity contribution in [1.29, 1.82) is 0 Å². The molecule has 100 valence electrons. The first-order chi connectivity index (χ1) is 9.24. The summed E-state index contributed by atoms with van der Waals surface area (Å²) >= 11 is 1.66. The van der Waals surface area contributed by atoms with E-state index in [2.05, 4.69) is 4.98 Å². The zero-order valence-electron chi connectivity index (χ0n) is 10.9. The lowest BCUT2D eigenvalue weighted by Crippen LogP contribution is -2.10. The van der Waals surface area contributed by atoms with Crippen molar-refractivity contribution in [2.75, 3.05) is 0 Å². The molecule has 3 nitrogen and oxygen atoms in total. The Morgan fingerprint density at radius 2 is 2.37 bits per heavy atom. The Hall–Kier alpha value is -1.39. The fourth-order valence-corrected chi connectivity index (χ4v) is 3.25. The van der Waals surface area contributed by atoms with Gasteiger partial charge in [0.05, 0.1) is 16.0 Å². The Balaban J connectivity index is 1.79. The quantitative estimate of drug-likeness (QED) is 0.933. The molecule has 1 heterocycles. The number of hydrogen-bond donors (Lipinski definition) is 1. The van der Waals surface area contributed by atoms with E-state index >= 15 is 0 Å². The van der Waals surface area contributed by atoms with E-state index in [1.807, 2.05) is 31.3 Å². The standard InChI is InChI=1S/C15H17NO2S/c1-10-16-8-11(19-10)9-18-15-7-3-4-12-13(15)5-2-6-14(12)17/h3-4,7-8,14,17H,2,5-6,9H2,1H3. The molecule has 19 heavy (non-hydrogen) atoms. The summed E-state index contributed by atoms with van der Waals surface area (Å²) in [5, 5.41) is 11.1. The molecule has 0 bridgehead atoms. The smallest absolute Gasteiger partial charge is 0.124 e. The lowest BCUT2D eigenvalue weighted by Gasteiger charge is -2.23. The molecule has 0 fully saturated rings. The van der Waals surface area contributed by atoms with E-state index in [-0.39, 0.29) is 6.10 Å². The number of aryl methyl sites for hydroxylation is 1. The van der Waals surface area contributed by atoms with Gasteiger partial charge in [0, 0.05) is 6.20 Å². The highest BCUT2D eigenvalue weighted by atomic mass is 32.1. The van der Waals surface area contributed by atoms with Crippen molar-refractivity contribution in [3.8, 4) is 5.75 Å². The Labute approximate surface area is 116 Å². The van der Waals surface area contributed by atoms with Gasteiger partial charge in [-0.15, -0.1) is 11.3 Å². The van der Waals surface area contributed by atoms with Gasteiger partial charge in [0.1, 0.15) is 12.4 Å². The SMILES string of the molecule is Cc1ncc(COc2cccc3c2CCCC3O)s1. The zero-order valence-corrected chi connectivity index (χ0v) is 11.7. The third-order valence-electron chi connectivity index (χ3n) is 3.47. The Kier molecular flexibility index (Phi) is 3.53. The molecule has 1 aliphatic rings. The van der Waals surface area contributed by atoms with Gasteiger partial charge in [0.15, 0.2) is 0 Å². The van der Waals surface area contributed by atoms with E-state index in [1.54, 1.807) is 11.3 Å². The first-order valence-electron chi connectivity index (χ1n) is 6.58. The van der Waals surface area contributed by atoms with E-state index in [0.717, 1.165) is 40.5 Å². The van der Waals surface area contributed by atoms with Crippen LogP contribution in [0.25, 0.3) is 0 Å². The van der Waals surface area contributed by atoms with Crippen LogP contribution in [0.15, 0.2) is 24.4 Å². The van der Waals surface area contributed by atoms with Crippen molar-refractivity contribution >= 4 is 11.3 Å². The van der Waals surface area contributed by atoms with Crippen LogP contribution in [0, 0.1) is 6.92 Å². The predicted octanol–water partition coefficient (Wildman–Crippen LogP) is 3.40. The number of benzene rings is 1. The summed E-state index contributed by atoms with van der Waals surface area (Å²) in [7, 11) is 0. The van der Waals surface area contributed by atoms with Gasteiger partial charge in [-0.3, -0.25) is 0 Å². The van der Waals surface area contributed by atoms with Crippen LogP contribution in [0.3, 0.4) is 0 Å². The van der Waals surface area contributed by atoms with Gasteiger partial charge in [-0.25, -0.2) is 4.98 Å². The summed E-state index contributed by atoms with van der Waals surface area (Å²) in [6.45, 7) is 2.55. The van der Waals surface area contributed by atoms with E-state index < -0.39 is 0 Å². The summed E-state index contributed by atoms with van der Waals surface area (Å²) in [5.41, 5.74) is 2.20. The maximum atomic E-state index is 10.0. The van der Waals surface area contributed by atoms with Gasteiger partial charge >= 0.3 is 0 Å². The monoisotopic (exact) mass is 275 g/mol. The van der Waals surface area contributed by atoms with Crippen molar-refractivity contribution in [2.45, 2.75) is 38.9 Å². The van der Waals surface area contributed by atoms with Crippen molar-refractivity contribution < 1.29 is 9.84 Å². The highest BCUT2D eigenvalue weighted by Gasteiger charge is 2.20. The number of hydrogen-bond acceptors (Lipinski definition) is 4. The average molecular weight is 275 g/mol. The molecule has 0 amide bonds. The number of fused-ring (bicyclic) bond motifs is 1. The van der Waals surface area contributed by atoms with Gasteiger partial charge in [-0.05, 0) is 43.4 Å². The number of rotatable bonds is 3. The maximum absolute atomic E-state index is 10.0. The Morgan fingerprint density at radius 3 is 3.16 bits per heavy atom. The second kappa shape index (κ2) is 5.31. The molecule has 1 atom stereocenters. The van der Waals surface area contributed by atoms with Crippen LogP contribution in [0.4, 0.5) is 0 Å². The van der Waals surface area contributed by atoms with Gasteiger partial charge in [0.2, 0.25) is 0 Å². The van der Waals surface area contributed by atoms with Gasteiger partial charge in [-0.1, -0.05) is 12.1 Å². The zero-order chi connectivity index (χ0) is 13.2. The third kappa shape index (κ3) is 2.65. The topological polar surface area (TPSA) is 42.4 Å². The summed E-state index contributed by atoms with van der Waals surface area (Å²) in [5.74, 6) is 0.905. The average Bonchev–Trinajstić information content (AvgIpc) is 2.83. The largest absolute Gasteiger partial charge is 0.488 e. The number of aliphatic hydroxyl groups excluding tert-OH is 1. The van der Waals surface area contributed by atoms with Gasteiger partial charge in [-0.2, -0.15) is 0 Å². The number of thiazole rings is 1. The summed E-state index contributed by atoms with van der Waals surface area (Å²) < 4.78 is 5.91. The molecular weight excluding hydrogens is 258 g/mol. The third-order valence-corrected chi connectivity index (χ3v) is 4.36. The van der Waals surface area contributed by atoms with Gasteiger partial charge in [0.25, 0.3) is 0 Å². The van der Waals surface area contributed by atoms with E-state index in [0.29, 0.717) is 6.61 Å². The highest BCUT2D eigenvalue weighted by molar-refractivity contribution is 7.11. The molecule has 0 saturated carbocycles. The minimum Gasteiger partial charge on any atom is -0.488 e. The van der Waals surface area contributed by atoms with Crippen molar-refractivity contribution in [3.63, 3.8) is 0 Å². The fraction of sp³-hybridized carbons (Fsp3) is 0.400. The second-order valence-electron chi connectivity index (χ2n) is 4.87. The summed E-state index contributed by atoms with van der Waals surface area (Å²) in [6, 6.07) is 5.95.